The number of anilines is 2. The second-order valence-electron chi connectivity index (χ2n) is 12.0. The van der Waals surface area contributed by atoms with E-state index in [1.807, 2.05) is 63.1 Å². The van der Waals surface area contributed by atoms with E-state index in [0.29, 0.717) is 28.7 Å². The van der Waals surface area contributed by atoms with Crippen LogP contribution in [0.4, 0.5) is 11.4 Å². The van der Waals surface area contributed by atoms with Gasteiger partial charge >= 0.3 is 0 Å². The largest absolute Gasteiger partial charge is 0.368 e. The molecule has 0 bridgehead atoms. The van der Waals surface area contributed by atoms with Crippen molar-refractivity contribution in [2.45, 2.75) is 13.0 Å². The van der Waals surface area contributed by atoms with E-state index in [-0.39, 0.29) is 11.1 Å². The van der Waals surface area contributed by atoms with Gasteiger partial charge in [0.05, 0.1) is 35.2 Å². The van der Waals surface area contributed by atoms with Gasteiger partial charge in [-0.3, -0.25) is 27.8 Å². The predicted octanol–water partition coefficient (Wildman–Crippen LogP) is 1.40. The summed E-state index contributed by atoms with van der Waals surface area (Å²) in [6.45, 7) is 8.81. The first-order chi connectivity index (χ1) is 22.8. The Kier molecular flexibility index (Phi) is 8.26. The lowest BCUT2D eigenvalue weighted by atomic mass is 10.2. The van der Waals surface area contributed by atoms with Crippen molar-refractivity contribution in [3.8, 4) is 22.5 Å². The van der Waals surface area contributed by atoms with E-state index in [4.69, 9.17) is 0 Å². The molecule has 0 aromatic carbocycles. The fraction of sp³-hybridized carbons (Fsp3) is 0.333. The highest BCUT2D eigenvalue weighted by atomic mass is 16.1. The molecule has 6 aromatic heterocycles. The van der Waals surface area contributed by atoms with Gasteiger partial charge in [-0.15, -0.1) is 0 Å². The molecule has 0 aliphatic carbocycles. The molecular weight excluding hydrogens is 596 g/mol. The smallest absolute Gasteiger partial charge is 0.258 e. The Bertz CT molecular complexity index is 2160. The van der Waals surface area contributed by atoms with Crippen LogP contribution in [0.25, 0.3) is 33.8 Å². The quantitative estimate of drug-likeness (QED) is 0.293. The van der Waals surface area contributed by atoms with Crippen LogP contribution in [0.2, 0.25) is 0 Å². The highest BCUT2D eigenvalue weighted by molar-refractivity contribution is 5.62. The first-order valence-electron chi connectivity index (χ1n) is 15.8. The van der Waals surface area contributed by atoms with Crippen LogP contribution in [0.15, 0.2) is 83.2 Å². The van der Waals surface area contributed by atoms with Crippen LogP contribution in [0.3, 0.4) is 0 Å². The van der Waals surface area contributed by atoms with Gasteiger partial charge < -0.3 is 20.4 Å². The molecular formula is C33H38N12O2. The van der Waals surface area contributed by atoms with Crippen molar-refractivity contribution >= 4 is 22.7 Å². The topological polar surface area (TPSA) is 135 Å². The molecule has 47 heavy (non-hydrogen) atoms. The third-order valence-electron chi connectivity index (χ3n) is 8.51. The molecule has 2 N–H and O–H groups in total. The molecule has 1 atom stereocenters. The number of nitrogens with one attached hydrogen (secondary N) is 2. The summed E-state index contributed by atoms with van der Waals surface area (Å²) < 4.78 is 6.62. The first-order valence-corrected chi connectivity index (χ1v) is 15.8. The van der Waals surface area contributed by atoms with Crippen molar-refractivity contribution in [3.63, 3.8) is 0 Å². The number of pyridine rings is 2. The highest BCUT2D eigenvalue weighted by Gasteiger charge is 2.17. The molecule has 8 rings (SSSR count). The van der Waals surface area contributed by atoms with Crippen LogP contribution < -0.4 is 31.6 Å². The molecule has 0 saturated carbocycles. The lowest BCUT2D eigenvalue weighted by Crippen LogP contribution is -2.49. The van der Waals surface area contributed by atoms with Crippen molar-refractivity contribution in [1.82, 2.24) is 49.0 Å². The second-order valence-corrected chi connectivity index (χ2v) is 12.0. The molecule has 0 radical (unpaired) electrons. The SMILES string of the molecule is C[C@H]1CN(c2ccc3nc(-c4cnn(C)c4)cc(=O)n3c2)CCN1.Cn1cc(-c2cc(=O)n3cc(N4CCNCC4)ccc3n2)cn1. The van der Waals surface area contributed by atoms with E-state index in [9.17, 15) is 9.59 Å². The van der Waals surface area contributed by atoms with E-state index >= 15 is 0 Å². The average Bonchev–Trinajstić information content (AvgIpc) is 3.73. The van der Waals surface area contributed by atoms with E-state index in [1.165, 1.54) is 0 Å². The van der Waals surface area contributed by atoms with E-state index in [1.54, 1.807) is 42.7 Å². The maximum absolute atomic E-state index is 12.5. The number of aryl methyl sites for hydroxylation is 2. The van der Waals surface area contributed by atoms with Gasteiger partial charge in [-0.2, -0.15) is 10.2 Å². The van der Waals surface area contributed by atoms with Gasteiger partial charge in [0.2, 0.25) is 0 Å². The van der Waals surface area contributed by atoms with E-state index in [0.717, 1.165) is 68.3 Å². The Morgan fingerprint density at radius 1 is 0.681 bits per heavy atom. The Morgan fingerprint density at radius 3 is 1.68 bits per heavy atom. The summed E-state index contributed by atoms with van der Waals surface area (Å²) in [7, 11) is 3.69. The summed E-state index contributed by atoms with van der Waals surface area (Å²) in [4.78, 5) is 38.8. The van der Waals surface area contributed by atoms with Crippen molar-refractivity contribution in [2.24, 2.45) is 14.1 Å². The molecule has 0 unspecified atom stereocenters. The number of hydrogen-bond acceptors (Lipinski definition) is 10. The van der Waals surface area contributed by atoms with Gasteiger partial charge in [0, 0.05) is 114 Å². The minimum atomic E-state index is -0.0797. The number of aromatic nitrogens is 8. The first kappa shape index (κ1) is 30.3. The fourth-order valence-electron chi connectivity index (χ4n) is 6.05. The number of rotatable bonds is 4. The average molecular weight is 635 g/mol. The number of nitrogens with zero attached hydrogens (tertiary/aromatic N) is 10. The normalized spacial score (nSPS) is 16.8. The molecule has 2 saturated heterocycles. The van der Waals surface area contributed by atoms with Gasteiger partial charge in [-0.05, 0) is 31.2 Å². The molecule has 2 fully saturated rings. The lowest BCUT2D eigenvalue weighted by molar-refractivity contribution is 0.484. The number of piperazine rings is 2. The molecule has 8 heterocycles. The van der Waals surface area contributed by atoms with Crippen molar-refractivity contribution < 1.29 is 0 Å². The zero-order chi connectivity index (χ0) is 32.5. The molecule has 6 aromatic rings. The minimum Gasteiger partial charge on any atom is -0.368 e. The minimum absolute atomic E-state index is 0.0779. The Morgan fingerprint density at radius 2 is 1.19 bits per heavy atom. The molecule has 0 spiro atoms. The maximum Gasteiger partial charge on any atom is 0.258 e. The fourth-order valence-corrected chi connectivity index (χ4v) is 6.05. The van der Waals surface area contributed by atoms with E-state index < -0.39 is 0 Å². The van der Waals surface area contributed by atoms with Gasteiger partial charge in [-0.1, -0.05) is 0 Å². The van der Waals surface area contributed by atoms with Crippen LogP contribution in [0, 0.1) is 0 Å². The summed E-state index contributed by atoms with van der Waals surface area (Å²) in [6, 6.07) is 11.4. The Labute approximate surface area is 270 Å². The van der Waals surface area contributed by atoms with Crippen LogP contribution in [0.5, 0.6) is 0 Å². The van der Waals surface area contributed by atoms with Crippen LogP contribution in [-0.2, 0) is 14.1 Å². The number of fused-ring (bicyclic) bond motifs is 2. The molecule has 0 amide bonds. The summed E-state index contributed by atoms with van der Waals surface area (Å²) in [5, 5.41) is 15.0. The molecule has 14 nitrogen and oxygen atoms in total. The van der Waals surface area contributed by atoms with Crippen molar-refractivity contribution in [3.05, 3.63) is 94.3 Å². The highest BCUT2D eigenvalue weighted by Crippen LogP contribution is 2.20. The standard InChI is InChI=1S/C17H20N6O.C16H18N6O/c1-12-9-22(6-5-18-12)14-3-4-16-20-15(7-17(24)23(16)11-14)13-8-19-21(2)10-13;1-20-10-12(9-18-20)14-8-16(23)22-11-13(2-3-15(22)19-14)21-6-4-17-5-7-21/h3-4,7-8,10-12,18H,5-6,9H2,1-2H3;2-3,8-11,17H,4-7H2,1H3/t12-;/m0./s1. The van der Waals surface area contributed by atoms with Crippen LogP contribution in [-0.4, -0.2) is 90.2 Å². The summed E-state index contributed by atoms with van der Waals surface area (Å²) in [6.07, 6.45) is 10.9. The van der Waals surface area contributed by atoms with Gasteiger partial charge in [0.1, 0.15) is 11.3 Å². The van der Waals surface area contributed by atoms with Gasteiger partial charge in [0.15, 0.2) is 0 Å². The monoisotopic (exact) mass is 634 g/mol. The summed E-state index contributed by atoms with van der Waals surface area (Å²) in [5.41, 5.74) is 6.23. The lowest BCUT2D eigenvalue weighted by Gasteiger charge is -2.33. The Hall–Kier alpha value is -5.34. The van der Waals surface area contributed by atoms with Crippen molar-refractivity contribution in [1.29, 1.82) is 0 Å². The van der Waals surface area contributed by atoms with Crippen molar-refractivity contribution in [2.75, 3.05) is 55.6 Å². The molecule has 242 valence electrons. The summed E-state index contributed by atoms with van der Waals surface area (Å²) in [5.74, 6) is 0. The molecule has 2 aliphatic heterocycles. The second kappa shape index (κ2) is 12.8. The van der Waals surface area contributed by atoms with Gasteiger partial charge in [-0.25, -0.2) is 9.97 Å². The Balaban J connectivity index is 0.000000150. The maximum atomic E-state index is 12.5. The van der Waals surface area contributed by atoms with Crippen LogP contribution >= 0.6 is 0 Å². The molecule has 2 aliphatic rings. The third kappa shape index (κ3) is 6.50. The third-order valence-corrected chi connectivity index (χ3v) is 8.51. The zero-order valence-electron chi connectivity index (χ0n) is 26.7. The van der Waals surface area contributed by atoms with Gasteiger partial charge in [0.25, 0.3) is 11.1 Å². The van der Waals surface area contributed by atoms with Crippen LogP contribution in [0.1, 0.15) is 6.92 Å². The number of hydrogen-bond donors (Lipinski definition) is 2. The zero-order valence-corrected chi connectivity index (χ0v) is 26.7. The van der Waals surface area contributed by atoms with E-state index in [2.05, 4.69) is 47.5 Å². The predicted molar refractivity (Wildman–Crippen MR) is 182 cm³/mol. The molecule has 14 heteroatoms. The summed E-state index contributed by atoms with van der Waals surface area (Å²) >= 11 is 0.